The van der Waals surface area contributed by atoms with Crippen molar-refractivity contribution in [2.45, 2.75) is 51.4 Å². The number of carbonyl (C=O) groups is 3. The number of amides is 2. The van der Waals surface area contributed by atoms with Gasteiger partial charge in [0.25, 0.3) is 5.91 Å². The second-order valence-corrected chi connectivity index (χ2v) is 7.83. The predicted molar refractivity (Wildman–Crippen MR) is 84.6 cm³/mol. The van der Waals surface area contributed by atoms with Crippen LogP contribution in [-0.2, 0) is 27.9 Å². The Morgan fingerprint density at radius 3 is 2.44 bits per heavy atom. The highest BCUT2D eigenvalue weighted by Gasteiger charge is 2.50. The molecule has 2 rings (SSSR count). The highest BCUT2D eigenvalue weighted by atomic mass is 31.2. The Bertz CT molecular complexity index is 573. The molecule has 11 heteroatoms. The Morgan fingerprint density at radius 2 is 1.88 bits per heavy atom. The third-order valence-corrected chi connectivity index (χ3v) is 6.50. The van der Waals surface area contributed by atoms with Gasteiger partial charge in [0.15, 0.2) is 6.23 Å². The van der Waals surface area contributed by atoms with Gasteiger partial charge in [-0.2, -0.15) is 0 Å². The third kappa shape index (κ3) is 4.13. The van der Waals surface area contributed by atoms with Crippen LogP contribution >= 0.6 is 7.60 Å². The lowest BCUT2D eigenvalue weighted by Gasteiger charge is -2.42. The summed E-state index contributed by atoms with van der Waals surface area (Å²) >= 11 is 0. The maximum absolute atomic E-state index is 13.1. The van der Waals surface area contributed by atoms with E-state index in [1.165, 1.54) is 5.01 Å². The van der Waals surface area contributed by atoms with Crippen molar-refractivity contribution in [3.63, 3.8) is 0 Å². The fourth-order valence-corrected chi connectivity index (χ4v) is 5.06. The number of nitrogens with zero attached hydrogens (tertiary/aromatic N) is 2. The summed E-state index contributed by atoms with van der Waals surface area (Å²) in [5, 5.41) is 11.1. The average molecular weight is 378 g/mol. The zero-order chi connectivity index (χ0) is 18.6. The molecule has 10 nitrogen and oxygen atoms in total. The van der Waals surface area contributed by atoms with Crippen molar-refractivity contribution in [3.8, 4) is 0 Å². The Morgan fingerprint density at radius 1 is 1.24 bits per heavy atom. The van der Waals surface area contributed by atoms with E-state index in [0.717, 1.165) is 5.01 Å². The van der Waals surface area contributed by atoms with Gasteiger partial charge in [0.1, 0.15) is 5.66 Å². The second kappa shape index (κ2) is 8.16. The minimum absolute atomic E-state index is 0.00172. The topological polar surface area (TPSA) is 123 Å². The van der Waals surface area contributed by atoms with Crippen LogP contribution < -0.4 is 0 Å². The van der Waals surface area contributed by atoms with Crippen molar-refractivity contribution < 1.29 is 37.8 Å². The molecule has 2 atom stereocenters. The molecule has 1 N–H and O–H groups in total. The SMILES string of the molecule is CCOP(=O)(OCC)[C@H]1CCC(=O)N2CCCC(OC(=O)O)N2C1=O. The van der Waals surface area contributed by atoms with E-state index in [4.69, 9.17) is 18.9 Å². The molecule has 25 heavy (non-hydrogen) atoms. The Hall–Kier alpha value is -1.64. The van der Waals surface area contributed by atoms with Crippen LogP contribution in [0.1, 0.15) is 39.5 Å². The third-order valence-electron chi connectivity index (χ3n) is 4.02. The van der Waals surface area contributed by atoms with E-state index >= 15 is 0 Å². The predicted octanol–water partition coefficient (Wildman–Crippen LogP) is 1.80. The Kier molecular flexibility index (Phi) is 6.42. The molecule has 0 aromatic rings. The number of hydrazine groups is 1. The number of carbonyl (C=O) groups excluding carboxylic acids is 2. The fraction of sp³-hybridized carbons (Fsp3) is 0.786. The molecule has 2 aliphatic rings. The van der Waals surface area contributed by atoms with Crippen molar-refractivity contribution >= 4 is 25.6 Å². The smallest absolute Gasteiger partial charge is 0.450 e. The maximum atomic E-state index is 13.1. The van der Waals surface area contributed by atoms with Crippen molar-refractivity contribution in [1.29, 1.82) is 0 Å². The summed E-state index contributed by atoms with van der Waals surface area (Å²) in [6.45, 7) is 3.68. The zero-order valence-corrected chi connectivity index (χ0v) is 15.1. The van der Waals surface area contributed by atoms with E-state index in [1.54, 1.807) is 13.8 Å². The summed E-state index contributed by atoms with van der Waals surface area (Å²) in [5.41, 5.74) is -1.18. The van der Waals surface area contributed by atoms with E-state index in [0.29, 0.717) is 6.42 Å². The minimum Gasteiger partial charge on any atom is -0.450 e. The van der Waals surface area contributed by atoms with Gasteiger partial charge in [-0.15, -0.1) is 0 Å². The van der Waals surface area contributed by atoms with Crippen LogP contribution in [0, 0.1) is 0 Å². The summed E-state index contributed by atoms with van der Waals surface area (Å²) in [6, 6.07) is 0. The molecule has 2 aliphatic heterocycles. The van der Waals surface area contributed by atoms with Crippen molar-refractivity contribution in [3.05, 3.63) is 0 Å². The highest BCUT2D eigenvalue weighted by Crippen LogP contribution is 2.56. The van der Waals surface area contributed by atoms with Gasteiger partial charge in [-0.3, -0.25) is 14.2 Å². The molecule has 2 amide bonds. The largest absolute Gasteiger partial charge is 0.507 e. The Balaban J connectivity index is 2.38. The van der Waals surface area contributed by atoms with Gasteiger partial charge in [0.2, 0.25) is 5.91 Å². The van der Waals surface area contributed by atoms with Gasteiger partial charge >= 0.3 is 13.8 Å². The van der Waals surface area contributed by atoms with E-state index in [1.807, 2.05) is 0 Å². The van der Waals surface area contributed by atoms with Crippen LogP contribution in [0.25, 0.3) is 0 Å². The van der Waals surface area contributed by atoms with Crippen LogP contribution in [0.4, 0.5) is 4.79 Å². The number of rotatable bonds is 6. The van der Waals surface area contributed by atoms with E-state index < -0.39 is 31.5 Å². The molecule has 0 saturated carbocycles. The lowest BCUT2D eigenvalue weighted by atomic mass is 10.2. The van der Waals surface area contributed by atoms with Crippen LogP contribution in [0.2, 0.25) is 0 Å². The second-order valence-electron chi connectivity index (χ2n) is 5.61. The normalized spacial score (nSPS) is 24.7. The quantitative estimate of drug-likeness (QED) is 0.548. The molecule has 2 fully saturated rings. The van der Waals surface area contributed by atoms with Crippen molar-refractivity contribution in [1.82, 2.24) is 10.0 Å². The highest BCUT2D eigenvalue weighted by molar-refractivity contribution is 7.55. The fourth-order valence-electron chi connectivity index (χ4n) is 3.07. The molecular weight excluding hydrogens is 355 g/mol. The Labute approximate surface area is 145 Å². The number of ether oxygens (including phenoxy) is 1. The summed E-state index contributed by atoms with van der Waals surface area (Å²) in [5.74, 6) is -1.03. The first-order valence-electron chi connectivity index (χ1n) is 8.25. The summed E-state index contributed by atoms with van der Waals surface area (Å²) in [6.07, 6.45) is -1.96. The van der Waals surface area contributed by atoms with Gasteiger partial charge in [0, 0.05) is 19.4 Å². The van der Waals surface area contributed by atoms with Crippen LogP contribution in [0.15, 0.2) is 0 Å². The number of fused-ring (bicyclic) bond motifs is 1. The first-order valence-corrected chi connectivity index (χ1v) is 9.87. The summed E-state index contributed by atoms with van der Waals surface area (Å²) in [7, 11) is -3.80. The molecule has 0 aromatic carbocycles. The summed E-state index contributed by atoms with van der Waals surface area (Å²) < 4.78 is 28.4. The van der Waals surface area contributed by atoms with Crippen LogP contribution in [0.5, 0.6) is 0 Å². The number of carboxylic acid groups (broad SMARTS) is 1. The number of hydrogen-bond acceptors (Lipinski definition) is 7. The molecule has 0 bridgehead atoms. The molecule has 2 saturated heterocycles. The zero-order valence-electron chi connectivity index (χ0n) is 14.3. The lowest BCUT2D eigenvalue weighted by Crippen LogP contribution is -2.59. The molecule has 0 aromatic heterocycles. The number of hydrogen-bond donors (Lipinski definition) is 1. The molecule has 1 unspecified atom stereocenters. The van der Waals surface area contributed by atoms with Gasteiger partial charge in [-0.25, -0.2) is 14.8 Å². The molecule has 0 spiro atoms. The maximum Gasteiger partial charge on any atom is 0.507 e. The van der Waals surface area contributed by atoms with Crippen molar-refractivity contribution in [2.75, 3.05) is 19.8 Å². The van der Waals surface area contributed by atoms with E-state index in [2.05, 4.69) is 0 Å². The van der Waals surface area contributed by atoms with Crippen LogP contribution in [0.3, 0.4) is 0 Å². The molecule has 0 radical (unpaired) electrons. The monoisotopic (exact) mass is 378 g/mol. The van der Waals surface area contributed by atoms with E-state index in [-0.39, 0.29) is 44.9 Å². The first kappa shape index (κ1) is 19.7. The molecule has 2 heterocycles. The van der Waals surface area contributed by atoms with Crippen molar-refractivity contribution in [2.24, 2.45) is 0 Å². The molecule has 142 valence electrons. The van der Waals surface area contributed by atoms with E-state index in [9.17, 15) is 18.9 Å². The summed E-state index contributed by atoms with van der Waals surface area (Å²) in [4.78, 5) is 36.3. The first-order chi connectivity index (χ1) is 11.8. The molecule has 0 aliphatic carbocycles. The lowest BCUT2D eigenvalue weighted by molar-refractivity contribution is -0.195. The van der Waals surface area contributed by atoms with Gasteiger partial charge in [-0.1, -0.05) is 0 Å². The standard InChI is InChI=1S/C14H23N2O8P/c1-3-22-25(21,23-4-2)10-7-8-11(17)15-9-5-6-12(24-14(19)20)16(15)13(10)18/h10,12H,3-9H2,1-2H3,(H,19,20)/t10-,12?/m0/s1. The van der Waals surface area contributed by atoms with Gasteiger partial charge in [-0.05, 0) is 26.7 Å². The molecular formula is C14H23N2O8P. The minimum atomic E-state index is -3.80. The van der Waals surface area contributed by atoms with Gasteiger partial charge < -0.3 is 18.9 Å². The average Bonchev–Trinajstić information content (AvgIpc) is 2.66. The van der Waals surface area contributed by atoms with Gasteiger partial charge in [0.05, 0.1) is 13.2 Å². The van der Waals surface area contributed by atoms with Crippen LogP contribution in [-0.4, -0.2) is 64.7 Å².